The predicted octanol–water partition coefficient (Wildman–Crippen LogP) is 3.34. The summed E-state index contributed by atoms with van der Waals surface area (Å²) in [5.74, 6) is 2.29. The van der Waals surface area contributed by atoms with E-state index in [0.717, 1.165) is 17.4 Å². The zero-order valence-corrected chi connectivity index (χ0v) is 12.5. The molecule has 0 amide bonds. The van der Waals surface area contributed by atoms with Gasteiger partial charge >= 0.3 is 0 Å². The Balaban J connectivity index is 1.52. The highest BCUT2D eigenvalue weighted by atomic mass is 32.1. The molecule has 20 heavy (non-hydrogen) atoms. The van der Waals surface area contributed by atoms with Crippen LogP contribution in [0.3, 0.4) is 0 Å². The number of fused-ring (bicyclic) bond motifs is 2. The summed E-state index contributed by atoms with van der Waals surface area (Å²) in [5, 5.41) is 7.38. The van der Waals surface area contributed by atoms with Gasteiger partial charge in [0, 0.05) is 11.7 Å². The minimum absolute atomic E-state index is 0.493. The third-order valence-electron chi connectivity index (χ3n) is 4.02. The molecule has 2 N–H and O–H groups in total. The van der Waals surface area contributed by atoms with Crippen LogP contribution in [0.1, 0.15) is 19.8 Å². The molecular weight excluding hydrogens is 268 g/mol. The number of hydrogen-bond acceptors (Lipinski definition) is 2. The SMILES string of the molecule is CCOc1ccc(NC(=S)N[C@H]2C[C@@H]3C=C[C@H]2C3)cc1. The highest BCUT2D eigenvalue weighted by molar-refractivity contribution is 7.80. The Morgan fingerprint density at radius 1 is 1.25 bits per heavy atom. The molecule has 0 saturated heterocycles. The Morgan fingerprint density at radius 2 is 2.05 bits per heavy atom. The minimum atomic E-state index is 0.493. The first-order valence-corrected chi connectivity index (χ1v) is 7.64. The van der Waals surface area contributed by atoms with Crippen LogP contribution in [0.2, 0.25) is 0 Å². The second-order valence-electron chi connectivity index (χ2n) is 5.44. The number of benzene rings is 1. The van der Waals surface area contributed by atoms with E-state index in [2.05, 4.69) is 22.8 Å². The molecular formula is C16H20N2OS. The van der Waals surface area contributed by atoms with Crippen LogP contribution in [0.15, 0.2) is 36.4 Å². The van der Waals surface area contributed by atoms with Crippen molar-refractivity contribution in [2.45, 2.75) is 25.8 Å². The van der Waals surface area contributed by atoms with Gasteiger partial charge < -0.3 is 15.4 Å². The van der Waals surface area contributed by atoms with Crippen molar-refractivity contribution < 1.29 is 4.74 Å². The third kappa shape index (κ3) is 2.96. The normalized spacial score (nSPS) is 26.6. The maximum absolute atomic E-state index is 5.42. The van der Waals surface area contributed by atoms with Crippen molar-refractivity contribution in [3.8, 4) is 5.75 Å². The average molecular weight is 288 g/mol. The molecule has 1 aromatic rings. The van der Waals surface area contributed by atoms with E-state index in [4.69, 9.17) is 17.0 Å². The molecule has 106 valence electrons. The van der Waals surface area contributed by atoms with E-state index in [9.17, 15) is 0 Å². The number of thiocarbonyl (C=S) groups is 1. The zero-order chi connectivity index (χ0) is 13.9. The molecule has 2 aliphatic rings. The number of allylic oxidation sites excluding steroid dienone is 1. The highest BCUT2D eigenvalue weighted by Crippen LogP contribution is 2.38. The quantitative estimate of drug-likeness (QED) is 0.657. The van der Waals surface area contributed by atoms with Gasteiger partial charge in [-0.3, -0.25) is 0 Å². The van der Waals surface area contributed by atoms with E-state index in [1.165, 1.54) is 12.8 Å². The van der Waals surface area contributed by atoms with Gasteiger partial charge in [0.1, 0.15) is 5.75 Å². The summed E-state index contributed by atoms with van der Waals surface area (Å²) in [6.07, 6.45) is 7.15. The fourth-order valence-electron chi connectivity index (χ4n) is 3.08. The molecule has 2 bridgehead atoms. The lowest BCUT2D eigenvalue weighted by Crippen LogP contribution is -2.40. The Morgan fingerprint density at radius 3 is 2.65 bits per heavy atom. The first kappa shape index (κ1) is 13.4. The van der Waals surface area contributed by atoms with Gasteiger partial charge in [0.15, 0.2) is 5.11 Å². The van der Waals surface area contributed by atoms with Crippen LogP contribution in [-0.4, -0.2) is 17.8 Å². The standard InChI is InChI=1S/C16H20N2OS/c1-2-19-14-7-5-13(6-8-14)17-16(20)18-15-10-11-3-4-12(15)9-11/h3-8,11-12,15H,2,9-10H2,1H3,(H2,17,18,20)/t11-,12+,15+/m1/s1. The molecule has 0 aromatic heterocycles. The number of hydrogen-bond donors (Lipinski definition) is 2. The molecule has 0 radical (unpaired) electrons. The monoisotopic (exact) mass is 288 g/mol. The lowest BCUT2D eigenvalue weighted by atomic mass is 10.0. The van der Waals surface area contributed by atoms with Gasteiger partial charge in [-0.2, -0.15) is 0 Å². The number of ether oxygens (including phenoxy) is 1. The lowest BCUT2D eigenvalue weighted by molar-refractivity contribution is 0.340. The Hall–Kier alpha value is -1.55. The smallest absolute Gasteiger partial charge is 0.171 e. The van der Waals surface area contributed by atoms with Crippen LogP contribution < -0.4 is 15.4 Å². The van der Waals surface area contributed by atoms with Gasteiger partial charge in [-0.1, -0.05) is 12.2 Å². The Kier molecular flexibility index (Phi) is 3.92. The summed E-state index contributed by atoms with van der Waals surface area (Å²) < 4.78 is 5.42. The first-order valence-electron chi connectivity index (χ1n) is 7.23. The van der Waals surface area contributed by atoms with Crippen LogP contribution in [0.25, 0.3) is 0 Å². The van der Waals surface area contributed by atoms with Crippen molar-refractivity contribution >= 4 is 23.0 Å². The van der Waals surface area contributed by atoms with E-state index in [0.29, 0.717) is 23.7 Å². The molecule has 1 saturated carbocycles. The maximum Gasteiger partial charge on any atom is 0.171 e. The van der Waals surface area contributed by atoms with Crippen LogP contribution in [0.4, 0.5) is 5.69 Å². The molecule has 3 atom stereocenters. The zero-order valence-electron chi connectivity index (χ0n) is 11.6. The fourth-order valence-corrected chi connectivity index (χ4v) is 3.35. The highest BCUT2D eigenvalue weighted by Gasteiger charge is 2.35. The summed E-state index contributed by atoms with van der Waals surface area (Å²) in [5.41, 5.74) is 0.990. The molecule has 0 spiro atoms. The summed E-state index contributed by atoms with van der Waals surface area (Å²) >= 11 is 5.39. The van der Waals surface area contributed by atoms with Crippen molar-refractivity contribution in [1.82, 2.24) is 5.32 Å². The molecule has 3 nitrogen and oxygen atoms in total. The topological polar surface area (TPSA) is 33.3 Å². The predicted molar refractivity (Wildman–Crippen MR) is 86.1 cm³/mol. The van der Waals surface area contributed by atoms with Gasteiger partial charge in [-0.05, 0) is 68.1 Å². The van der Waals surface area contributed by atoms with E-state index >= 15 is 0 Å². The second-order valence-corrected chi connectivity index (χ2v) is 5.85. The fraction of sp³-hybridized carbons (Fsp3) is 0.438. The molecule has 2 aliphatic carbocycles. The summed E-state index contributed by atoms with van der Waals surface area (Å²) in [4.78, 5) is 0. The molecule has 3 rings (SSSR count). The third-order valence-corrected chi connectivity index (χ3v) is 4.24. The second kappa shape index (κ2) is 5.83. The van der Waals surface area contributed by atoms with E-state index in [1.54, 1.807) is 0 Å². The maximum atomic E-state index is 5.42. The van der Waals surface area contributed by atoms with Crippen LogP contribution in [-0.2, 0) is 0 Å². The first-order chi connectivity index (χ1) is 9.74. The molecule has 4 heteroatoms. The van der Waals surface area contributed by atoms with Crippen LogP contribution >= 0.6 is 12.2 Å². The van der Waals surface area contributed by atoms with E-state index < -0.39 is 0 Å². The molecule has 0 aliphatic heterocycles. The van der Waals surface area contributed by atoms with Gasteiger partial charge in [0.05, 0.1) is 6.61 Å². The van der Waals surface area contributed by atoms with Crippen LogP contribution in [0, 0.1) is 11.8 Å². The van der Waals surface area contributed by atoms with Crippen molar-refractivity contribution in [2.75, 3.05) is 11.9 Å². The van der Waals surface area contributed by atoms with Crippen molar-refractivity contribution in [2.24, 2.45) is 11.8 Å². The van der Waals surface area contributed by atoms with Gasteiger partial charge in [-0.25, -0.2) is 0 Å². The van der Waals surface area contributed by atoms with Gasteiger partial charge in [0.2, 0.25) is 0 Å². The van der Waals surface area contributed by atoms with Crippen molar-refractivity contribution in [1.29, 1.82) is 0 Å². The summed E-state index contributed by atoms with van der Waals surface area (Å²) in [6.45, 7) is 2.67. The summed E-state index contributed by atoms with van der Waals surface area (Å²) in [7, 11) is 0. The van der Waals surface area contributed by atoms with Crippen LogP contribution in [0.5, 0.6) is 5.75 Å². The largest absolute Gasteiger partial charge is 0.494 e. The molecule has 0 heterocycles. The molecule has 1 aromatic carbocycles. The van der Waals surface area contributed by atoms with E-state index in [-0.39, 0.29) is 0 Å². The van der Waals surface area contributed by atoms with Crippen molar-refractivity contribution in [3.05, 3.63) is 36.4 Å². The molecule has 1 fully saturated rings. The lowest BCUT2D eigenvalue weighted by Gasteiger charge is -2.22. The van der Waals surface area contributed by atoms with Gasteiger partial charge in [0.25, 0.3) is 0 Å². The number of anilines is 1. The summed E-state index contributed by atoms with van der Waals surface area (Å²) in [6, 6.07) is 8.37. The number of rotatable bonds is 4. The van der Waals surface area contributed by atoms with Gasteiger partial charge in [-0.15, -0.1) is 0 Å². The molecule has 0 unspecified atom stereocenters. The average Bonchev–Trinajstić information content (AvgIpc) is 3.03. The Bertz CT molecular complexity index is 512. The minimum Gasteiger partial charge on any atom is -0.494 e. The number of nitrogens with one attached hydrogen (secondary N) is 2. The Labute approximate surface area is 125 Å². The van der Waals surface area contributed by atoms with Crippen molar-refractivity contribution in [3.63, 3.8) is 0 Å². The van der Waals surface area contributed by atoms with E-state index in [1.807, 2.05) is 31.2 Å².